The lowest BCUT2D eigenvalue weighted by atomic mass is 9.99. The van der Waals surface area contributed by atoms with Crippen molar-refractivity contribution in [1.82, 2.24) is 9.97 Å². The van der Waals surface area contributed by atoms with Crippen LogP contribution in [-0.4, -0.2) is 27.8 Å². The summed E-state index contributed by atoms with van der Waals surface area (Å²) in [5, 5.41) is 12.5. The number of benzene rings is 4. The number of carbonyl (C=O) groups is 1. The van der Waals surface area contributed by atoms with E-state index in [1.807, 2.05) is 78.9 Å². The minimum absolute atomic E-state index is 0.246. The van der Waals surface area contributed by atoms with E-state index in [1.54, 1.807) is 12.4 Å². The number of hydrogen-bond acceptors (Lipinski definition) is 4. The molecule has 0 aliphatic rings. The number of nitrogens with zero attached hydrogens (tertiary/aromatic N) is 1. The molecule has 0 bridgehead atoms. The van der Waals surface area contributed by atoms with Crippen LogP contribution in [-0.2, 0) is 6.42 Å². The molecule has 0 aliphatic heterocycles. The highest BCUT2D eigenvalue weighted by Gasteiger charge is 2.17. The van der Waals surface area contributed by atoms with E-state index in [0.717, 1.165) is 55.2 Å². The second-order valence-electron chi connectivity index (χ2n) is 9.66. The number of hydrogen-bond donors (Lipinski definition) is 2. The molecule has 0 aliphatic carbocycles. The van der Waals surface area contributed by atoms with Crippen LogP contribution in [0.25, 0.3) is 45.0 Å². The van der Waals surface area contributed by atoms with Gasteiger partial charge in [0.2, 0.25) is 5.88 Å². The summed E-state index contributed by atoms with van der Waals surface area (Å²) in [6.45, 7) is 0.485. The number of rotatable bonds is 9. The number of carboxylic acid groups (broad SMARTS) is 1. The third-order valence-corrected chi connectivity index (χ3v) is 7.10. The number of aromatic nitrogens is 2. The monoisotopic (exact) mass is 540 g/mol. The Morgan fingerprint density at radius 1 is 0.805 bits per heavy atom. The van der Waals surface area contributed by atoms with E-state index in [9.17, 15) is 9.90 Å². The Bertz CT molecular complexity index is 1850. The van der Waals surface area contributed by atoms with E-state index in [1.165, 1.54) is 0 Å². The van der Waals surface area contributed by atoms with E-state index >= 15 is 0 Å². The molecule has 2 aromatic heterocycles. The van der Waals surface area contributed by atoms with Gasteiger partial charge >= 0.3 is 6.16 Å². The Balaban J connectivity index is 1.26. The zero-order chi connectivity index (χ0) is 28.0. The smallest absolute Gasteiger partial charge is 0.493 e. The van der Waals surface area contributed by atoms with Gasteiger partial charge in [0.05, 0.1) is 12.1 Å². The molecule has 4 aromatic carbocycles. The van der Waals surface area contributed by atoms with Gasteiger partial charge in [0.1, 0.15) is 5.75 Å². The van der Waals surface area contributed by atoms with Crippen molar-refractivity contribution in [3.05, 3.63) is 126 Å². The van der Waals surface area contributed by atoms with E-state index in [0.29, 0.717) is 19.4 Å². The van der Waals surface area contributed by atoms with Crippen LogP contribution < -0.4 is 9.47 Å². The maximum absolute atomic E-state index is 11.5. The van der Waals surface area contributed by atoms with Crippen LogP contribution in [0.4, 0.5) is 4.79 Å². The summed E-state index contributed by atoms with van der Waals surface area (Å²) in [7, 11) is 0. The number of aryl methyl sites for hydroxylation is 1. The molecule has 41 heavy (non-hydrogen) atoms. The molecule has 0 unspecified atom stereocenters. The van der Waals surface area contributed by atoms with Crippen molar-refractivity contribution in [3.8, 4) is 22.8 Å². The van der Waals surface area contributed by atoms with E-state index < -0.39 is 6.16 Å². The Labute approximate surface area is 237 Å². The summed E-state index contributed by atoms with van der Waals surface area (Å²) in [5.74, 6) is 1.08. The fourth-order valence-electron chi connectivity index (χ4n) is 5.20. The molecular weight excluding hydrogens is 512 g/mol. The predicted molar refractivity (Wildman–Crippen MR) is 163 cm³/mol. The molecule has 6 heteroatoms. The number of fused-ring (bicyclic) bond motifs is 2. The molecule has 0 atom stereocenters. The first-order valence-corrected chi connectivity index (χ1v) is 13.5. The highest BCUT2D eigenvalue weighted by Crippen LogP contribution is 2.33. The maximum Gasteiger partial charge on any atom is 0.512 e. The summed E-state index contributed by atoms with van der Waals surface area (Å²) in [4.78, 5) is 18.9. The first kappa shape index (κ1) is 25.9. The SMILES string of the molecule is O=C(O)Oc1[nH]c2c(/C=C/c3ccccc3-c3ccncc3)cccc2c1CCCOc1cccc2ccccc12. The highest BCUT2D eigenvalue weighted by molar-refractivity contribution is 5.95. The summed E-state index contributed by atoms with van der Waals surface area (Å²) in [5.41, 5.74) is 5.83. The minimum atomic E-state index is -1.35. The Hall–Kier alpha value is -5.36. The van der Waals surface area contributed by atoms with Gasteiger partial charge in [-0.1, -0.05) is 91.0 Å². The van der Waals surface area contributed by atoms with Gasteiger partial charge in [0.25, 0.3) is 0 Å². The lowest BCUT2D eigenvalue weighted by Gasteiger charge is -2.09. The molecule has 2 heterocycles. The van der Waals surface area contributed by atoms with Crippen molar-refractivity contribution in [1.29, 1.82) is 0 Å². The molecule has 6 rings (SSSR count). The second-order valence-corrected chi connectivity index (χ2v) is 9.66. The van der Waals surface area contributed by atoms with Crippen LogP contribution in [0.5, 0.6) is 11.6 Å². The minimum Gasteiger partial charge on any atom is -0.493 e. The number of aromatic amines is 1. The quantitative estimate of drug-likeness (QED) is 0.109. The molecule has 0 spiro atoms. The maximum atomic E-state index is 11.5. The number of H-pyrrole nitrogens is 1. The Morgan fingerprint density at radius 2 is 1.51 bits per heavy atom. The number of pyridine rings is 1. The Morgan fingerprint density at radius 3 is 2.39 bits per heavy atom. The van der Waals surface area contributed by atoms with Crippen molar-refractivity contribution in [2.75, 3.05) is 6.61 Å². The van der Waals surface area contributed by atoms with Crippen LogP contribution in [0.3, 0.4) is 0 Å². The molecule has 2 N–H and O–H groups in total. The fourth-order valence-corrected chi connectivity index (χ4v) is 5.20. The van der Waals surface area contributed by atoms with Gasteiger partial charge in [0, 0.05) is 28.7 Å². The number of nitrogens with one attached hydrogen (secondary N) is 1. The molecule has 0 radical (unpaired) electrons. The van der Waals surface area contributed by atoms with E-state index in [-0.39, 0.29) is 5.88 Å². The summed E-state index contributed by atoms with van der Waals surface area (Å²) in [6.07, 6.45) is 7.60. The first-order chi connectivity index (χ1) is 20.2. The van der Waals surface area contributed by atoms with Gasteiger partial charge in [-0.2, -0.15) is 0 Å². The summed E-state index contributed by atoms with van der Waals surface area (Å²) >= 11 is 0. The van der Waals surface area contributed by atoms with Gasteiger partial charge in [0.15, 0.2) is 0 Å². The molecule has 6 aromatic rings. The third kappa shape index (κ3) is 5.68. The van der Waals surface area contributed by atoms with Crippen molar-refractivity contribution in [2.24, 2.45) is 0 Å². The van der Waals surface area contributed by atoms with Gasteiger partial charge in [-0.05, 0) is 58.7 Å². The van der Waals surface area contributed by atoms with Crippen molar-refractivity contribution in [3.63, 3.8) is 0 Å². The predicted octanol–water partition coefficient (Wildman–Crippen LogP) is 8.62. The fraction of sp³-hybridized carbons (Fsp3) is 0.0857. The molecule has 0 saturated carbocycles. The molecule has 0 amide bonds. The van der Waals surface area contributed by atoms with Crippen LogP contribution in [0.2, 0.25) is 0 Å². The first-order valence-electron chi connectivity index (χ1n) is 13.5. The van der Waals surface area contributed by atoms with Crippen LogP contribution in [0.1, 0.15) is 23.1 Å². The number of para-hydroxylation sites is 1. The summed E-state index contributed by atoms with van der Waals surface area (Å²) in [6, 6.07) is 32.3. The van der Waals surface area contributed by atoms with Crippen molar-refractivity contribution in [2.45, 2.75) is 12.8 Å². The van der Waals surface area contributed by atoms with Crippen LogP contribution in [0, 0.1) is 0 Å². The zero-order valence-electron chi connectivity index (χ0n) is 22.3. The zero-order valence-corrected chi connectivity index (χ0v) is 22.3. The van der Waals surface area contributed by atoms with Gasteiger partial charge in [-0.25, -0.2) is 4.79 Å². The molecule has 202 valence electrons. The van der Waals surface area contributed by atoms with Crippen LogP contribution >= 0.6 is 0 Å². The van der Waals surface area contributed by atoms with E-state index in [2.05, 4.69) is 40.3 Å². The topological polar surface area (TPSA) is 84.4 Å². The molecule has 6 nitrogen and oxygen atoms in total. The highest BCUT2D eigenvalue weighted by atomic mass is 16.7. The van der Waals surface area contributed by atoms with Gasteiger partial charge < -0.3 is 19.6 Å². The lowest BCUT2D eigenvalue weighted by Crippen LogP contribution is -2.06. The molecule has 0 fully saturated rings. The third-order valence-electron chi connectivity index (χ3n) is 7.10. The Kier molecular flexibility index (Phi) is 7.45. The largest absolute Gasteiger partial charge is 0.512 e. The normalized spacial score (nSPS) is 11.3. The number of ether oxygens (including phenoxy) is 2. The molecular formula is C35H28N2O4. The lowest BCUT2D eigenvalue weighted by molar-refractivity contribution is 0.142. The standard InChI is InChI=1S/C35H28N2O4/c38-35(39)41-34-31(15-7-23-40-32-16-6-10-24-8-2-4-13-29(24)32)30-14-5-11-27(33(30)37-34)18-17-25-9-1-3-12-28(25)26-19-21-36-22-20-26/h1-6,8-14,16-22,37H,7,15,23H2,(H,38,39)/b18-17+. The molecule has 0 saturated heterocycles. The average Bonchev–Trinajstić information content (AvgIpc) is 3.35. The van der Waals surface area contributed by atoms with Crippen molar-refractivity contribution >= 4 is 40.0 Å². The van der Waals surface area contributed by atoms with Gasteiger partial charge in [-0.3, -0.25) is 4.98 Å². The van der Waals surface area contributed by atoms with Gasteiger partial charge in [-0.15, -0.1) is 0 Å². The average molecular weight is 541 g/mol. The van der Waals surface area contributed by atoms with Crippen molar-refractivity contribution < 1.29 is 19.4 Å². The van der Waals surface area contributed by atoms with Crippen LogP contribution in [0.15, 0.2) is 109 Å². The second kappa shape index (κ2) is 11.8. The van der Waals surface area contributed by atoms with E-state index in [4.69, 9.17) is 9.47 Å². The summed E-state index contributed by atoms with van der Waals surface area (Å²) < 4.78 is 11.3.